The van der Waals surface area contributed by atoms with Crippen molar-refractivity contribution in [2.45, 2.75) is 143 Å². The minimum atomic E-state index is -0.990. The lowest BCUT2D eigenvalue weighted by Gasteiger charge is -2.42. The summed E-state index contributed by atoms with van der Waals surface area (Å²) < 4.78 is 35.5. The molecule has 0 aliphatic carbocycles. The number of phenolic OH excluding ortho intramolecular Hbond substituents is 1. The number of aromatic nitrogens is 4. The van der Waals surface area contributed by atoms with Gasteiger partial charge in [-0.1, -0.05) is 70.2 Å². The summed E-state index contributed by atoms with van der Waals surface area (Å²) in [6.07, 6.45) is 4.30. The molecule has 0 spiro atoms. The highest BCUT2D eigenvalue weighted by Gasteiger charge is 2.47. The Hall–Kier alpha value is -7.07. The summed E-state index contributed by atoms with van der Waals surface area (Å²) >= 11 is 1.57. The minimum absolute atomic E-state index is 0.0106. The van der Waals surface area contributed by atoms with Crippen molar-refractivity contribution in [1.82, 2.24) is 45.3 Å². The molecular formula is C63H79FN10O9S. The predicted octanol–water partition coefficient (Wildman–Crippen LogP) is 8.75. The number of amides is 4. The number of halogens is 1. The quantitative estimate of drug-likeness (QED) is 0.0670. The fourth-order valence-corrected chi connectivity index (χ4v) is 13.2. The second-order valence-corrected chi connectivity index (χ2v) is 25.9. The molecule has 4 N–H and O–H groups in total. The number of piperidine rings is 1. The first-order valence-electron chi connectivity index (χ1n) is 29.4. The zero-order valence-electron chi connectivity index (χ0n) is 49.6. The molecule has 2 unspecified atom stereocenters. The van der Waals surface area contributed by atoms with E-state index in [1.54, 1.807) is 29.7 Å². The highest BCUT2D eigenvalue weighted by molar-refractivity contribution is 7.13. The van der Waals surface area contributed by atoms with Gasteiger partial charge in [0.25, 0.3) is 0 Å². The van der Waals surface area contributed by atoms with E-state index in [1.165, 1.54) is 4.90 Å². The fourth-order valence-electron chi connectivity index (χ4n) is 12.4. The molecule has 84 heavy (non-hydrogen) atoms. The Morgan fingerprint density at radius 1 is 0.917 bits per heavy atom. The summed E-state index contributed by atoms with van der Waals surface area (Å²) in [6, 6.07) is 14.4. The van der Waals surface area contributed by atoms with Crippen molar-refractivity contribution in [3.8, 4) is 33.5 Å². The molecule has 19 nitrogen and oxygen atoms in total. The number of fused-ring (bicyclic) bond motifs is 4. The van der Waals surface area contributed by atoms with E-state index in [9.17, 15) is 29.4 Å². The largest absolute Gasteiger partial charge is 0.508 e. The van der Waals surface area contributed by atoms with Crippen molar-refractivity contribution < 1.29 is 48.0 Å². The molecule has 4 fully saturated rings. The van der Waals surface area contributed by atoms with Gasteiger partial charge in [0.15, 0.2) is 5.82 Å². The molecule has 21 heteroatoms. The van der Waals surface area contributed by atoms with Crippen LogP contribution in [0.5, 0.6) is 11.8 Å². The topological polar surface area (TPSA) is 225 Å². The van der Waals surface area contributed by atoms with E-state index >= 15 is 4.39 Å². The van der Waals surface area contributed by atoms with Gasteiger partial charge in [-0.25, -0.2) is 14.2 Å². The lowest BCUT2D eigenvalue weighted by atomic mass is 9.85. The average molecular weight is 1170 g/mol. The number of aliphatic hydroxyl groups excluding tert-OH is 1. The third-order valence-corrected chi connectivity index (χ3v) is 17.7. The van der Waals surface area contributed by atoms with Gasteiger partial charge in [0.1, 0.15) is 53.7 Å². The van der Waals surface area contributed by atoms with Crippen LogP contribution in [0, 0.1) is 24.1 Å². The van der Waals surface area contributed by atoms with Gasteiger partial charge in [-0.2, -0.15) is 9.97 Å². The molecule has 4 aliphatic heterocycles. The number of carbonyl (C=O) groups is 4. The van der Waals surface area contributed by atoms with E-state index in [0.29, 0.717) is 49.4 Å². The zero-order valence-corrected chi connectivity index (χ0v) is 50.4. The number of pyridine rings is 1. The van der Waals surface area contributed by atoms with Crippen LogP contribution in [0.3, 0.4) is 0 Å². The first-order chi connectivity index (χ1) is 40.0. The number of phenols is 1. The summed E-state index contributed by atoms with van der Waals surface area (Å²) in [4.78, 5) is 82.4. The number of carbonyl (C=O) groups excluding carboxylic acids is 4. The lowest BCUT2D eigenvalue weighted by Crippen LogP contribution is -2.58. The van der Waals surface area contributed by atoms with E-state index in [1.807, 2.05) is 115 Å². The molecule has 6 atom stereocenters. The monoisotopic (exact) mass is 1170 g/mol. The van der Waals surface area contributed by atoms with Crippen LogP contribution in [0.25, 0.3) is 43.4 Å². The van der Waals surface area contributed by atoms with Gasteiger partial charge in [0.2, 0.25) is 17.7 Å². The summed E-state index contributed by atoms with van der Waals surface area (Å²) in [7, 11) is 0. The van der Waals surface area contributed by atoms with E-state index < -0.39 is 46.8 Å². The highest BCUT2D eigenvalue weighted by atomic mass is 32.1. The maximum absolute atomic E-state index is 17.4. The smallest absolute Gasteiger partial charge is 0.410 e. The Balaban J connectivity index is 0.745. The molecular weight excluding hydrogens is 1090 g/mol. The van der Waals surface area contributed by atoms with Crippen molar-refractivity contribution in [2.24, 2.45) is 11.3 Å². The van der Waals surface area contributed by atoms with Crippen LogP contribution < -0.4 is 20.3 Å². The standard InChI is InChI=1S/C63H79FN10O9S/c1-10-39-12-11-13-42-26-45(75)27-47(51(39)42)53-52(64)54-48(29-65-53)57(72-30-43-18-19-44(31-72)74(43)61(80)83-63(7,8)9)70-60(69-54)82-25-24-71-22-20-38(21-23-71)33-81-34-50(77)68-56(62(4,5)6)59(79)73-32-46(76)28-49(73)58(78)67-36(2)40-14-16-41(17-15-40)55-37(3)66-35-84-55/h11-17,26-27,29,35-36,38,43-44,46,49,56,75-76H,10,18-25,28,30-34H2,1-9H3,(H,67,78)(H,68,77)/t36-,43?,44?,46+,49-,56+/m0/s1. The van der Waals surface area contributed by atoms with Crippen molar-refractivity contribution in [1.29, 1.82) is 0 Å². The van der Waals surface area contributed by atoms with Gasteiger partial charge in [-0.05, 0) is 131 Å². The Morgan fingerprint density at radius 3 is 2.31 bits per heavy atom. The van der Waals surface area contributed by atoms with Gasteiger partial charge < -0.3 is 44.9 Å². The van der Waals surface area contributed by atoms with Gasteiger partial charge in [-0.15, -0.1) is 11.3 Å². The maximum atomic E-state index is 17.4. The normalized spacial score (nSPS) is 20.3. The third-order valence-electron chi connectivity index (χ3n) is 16.7. The van der Waals surface area contributed by atoms with E-state index in [2.05, 4.69) is 25.4 Å². The van der Waals surface area contributed by atoms with Crippen LogP contribution in [0.15, 0.2) is 66.3 Å². The lowest BCUT2D eigenvalue weighted by molar-refractivity contribution is -0.144. The summed E-state index contributed by atoms with van der Waals surface area (Å²) in [5, 5.41) is 29.5. The number of β-amino-alcohol motifs (C(OH)–C–C–N with tert-alkyl or cyclic N) is 1. The average Bonchev–Trinajstić information content (AvgIpc) is 1.29. The van der Waals surface area contributed by atoms with Gasteiger partial charge >= 0.3 is 12.1 Å². The number of aryl methyl sites for hydroxylation is 2. The van der Waals surface area contributed by atoms with Crippen molar-refractivity contribution in [3.63, 3.8) is 0 Å². The minimum Gasteiger partial charge on any atom is -0.508 e. The molecule has 10 rings (SSSR count). The second kappa shape index (κ2) is 24.9. The summed E-state index contributed by atoms with van der Waals surface area (Å²) in [6.45, 7) is 20.2. The number of thiazole rings is 1. The van der Waals surface area contributed by atoms with Crippen LogP contribution >= 0.6 is 11.3 Å². The van der Waals surface area contributed by atoms with Gasteiger partial charge in [0, 0.05) is 44.4 Å². The Kier molecular flexibility index (Phi) is 17.8. The van der Waals surface area contributed by atoms with Crippen LogP contribution in [-0.4, -0.2) is 164 Å². The number of hydrogen-bond donors (Lipinski definition) is 4. The molecule has 2 bridgehead atoms. The number of anilines is 1. The number of benzene rings is 3. The second-order valence-electron chi connectivity index (χ2n) is 25.1. The number of piperazine rings is 1. The highest BCUT2D eigenvalue weighted by Crippen LogP contribution is 2.41. The third kappa shape index (κ3) is 13.2. The van der Waals surface area contributed by atoms with Crippen molar-refractivity contribution >= 4 is 62.6 Å². The van der Waals surface area contributed by atoms with Crippen molar-refractivity contribution in [2.75, 3.05) is 64.0 Å². The van der Waals surface area contributed by atoms with Crippen LogP contribution in [0.2, 0.25) is 0 Å². The number of hydrogen-bond acceptors (Lipinski definition) is 16. The number of nitrogens with one attached hydrogen (secondary N) is 2. The van der Waals surface area contributed by atoms with Crippen LogP contribution in [0.4, 0.5) is 15.0 Å². The molecule has 0 radical (unpaired) electrons. The van der Waals surface area contributed by atoms with Gasteiger partial charge in [0.05, 0.1) is 52.3 Å². The summed E-state index contributed by atoms with van der Waals surface area (Å²) in [5.74, 6) is -1.31. The number of likely N-dealkylation sites (tertiary alicyclic amines) is 2. The fraction of sp³-hybridized carbons (Fsp3) is 0.524. The number of aromatic hydroxyl groups is 1. The Morgan fingerprint density at radius 2 is 1.64 bits per heavy atom. The Bertz CT molecular complexity index is 3380. The molecule has 3 aromatic heterocycles. The number of aliphatic hydroxyl groups is 1. The molecule has 7 heterocycles. The SMILES string of the molecule is CCc1cccc2cc(O)cc(-c3ncc4c(N5CC6CCC(C5)N6C(=O)OC(C)(C)C)nc(OCCN5CCC(COCC(=O)N[C@H](C(=O)N6C[C@H](O)C[C@H]6C(=O)N[C@@H](C)c6ccc(-c7scnc7C)cc6)C(C)(C)C)CC5)nc4c3F)c12. The molecule has 4 aliphatic rings. The molecule has 4 amide bonds. The van der Waals surface area contributed by atoms with Crippen molar-refractivity contribution in [3.05, 3.63) is 88.9 Å². The number of ether oxygens (including phenoxy) is 3. The van der Waals surface area contributed by atoms with Crippen LogP contribution in [-0.2, 0) is 30.3 Å². The van der Waals surface area contributed by atoms with Gasteiger partial charge in [-0.3, -0.25) is 29.2 Å². The van der Waals surface area contributed by atoms with Crippen LogP contribution in [0.1, 0.15) is 110 Å². The summed E-state index contributed by atoms with van der Waals surface area (Å²) in [5.41, 5.74) is 4.85. The molecule has 4 saturated heterocycles. The van der Waals surface area contributed by atoms with E-state index in [4.69, 9.17) is 29.2 Å². The maximum Gasteiger partial charge on any atom is 0.410 e. The number of rotatable bonds is 17. The molecule has 448 valence electrons. The van der Waals surface area contributed by atoms with E-state index in [0.717, 1.165) is 76.8 Å². The Labute approximate surface area is 494 Å². The first kappa shape index (κ1) is 60.1. The predicted molar refractivity (Wildman–Crippen MR) is 320 cm³/mol. The van der Waals surface area contributed by atoms with E-state index in [-0.39, 0.29) is 85.2 Å². The molecule has 3 aromatic carbocycles. The molecule has 0 saturated carbocycles. The molecule has 6 aromatic rings. The zero-order chi connectivity index (χ0) is 59.8. The number of nitrogens with zero attached hydrogens (tertiary/aromatic N) is 8. The first-order valence-corrected chi connectivity index (χ1v) is 30.3.